The Morgan fingerprint density at radius 3 is 2.79 bits per heavy atom. The van der Waals surface area contributed by atoms with Crippen molar-refractivity contribution in [2.75, 3.05) is 25.6 Å². The zero-order chi connectivity index (χ0) is 13.8. The second-order valence-corrected chi connectivity index (χ2v) is 4.76. The van der Waals surface area contributed by atoms with Gasteiger partial charge in [0.05, 0.1) is 13.7 Å². The topological polar surface area (TPSA) is 61.8 Å². The van der Waals surface area contributed by atoms with E-state index in [1.807, 2.05) is 25.1 Å². The molecule has 0 spiro atoms. The molecule has 0 unspecified atom stereocenters. The molecular weight excluding hydrogens is 244 g/mol. The summed E-state index contributed by atoms with van der Waals surface area (Å²) < 4.78 is 5.13. The number of carbonyl (C=O) groups excluding carboxylic acids is 1. The number of anilines is 1. The van der Waals surface area contributed by atoms with Crippen LogP contribution in [-0.4, -0.2) is 42.3 Å². The highest BCUT2D eigenvalue weighted by Gasteiger charge is 2.32. The summed E-state index contributed by atoms with van der Waals surface area (Å²) in [4.78, 5) is 13.9. The van der Waals surface area contributed by atoms with Crippen LogP contribution in [0.2, 0.25) is 0 Å². The molecule has 1 aliphatic rings. The molecule has 2 rings (SSSR count). The highest BCUT2D eigenvalue weighted by molar-refractivity contribution is 5.90. The van der Waals surface area contributed by atoms with Crippen molar-refractivity contribution in [3.8, 4) is 5.75 Å². The van der Waals surface area contributed by atoms with Crippen molar-refractivity contribution in [2.24, 2.45) is 0 Å². The van der Waals surface area contributed by atoms with E-state index >= 15 is 0 Å². The molecule has 0 aliphatic heterocycles. The molecule has 2 N–H and O–H groups in total. The van der Waals surface area contributed by atoms with E-state index in [1.54, 1.807) is 12.0 Å². The number of aryl methyl sites for hydroxylation is 1. The molecule has 2 amide bonds. The van der Waals surface area contributed by atoms with Gasteiger partial charge in [0.1, 0.15) is 5.75 Å². The third kappa shape index (κ3) is 3.38. The molecule has 0 heterocycles. The van der Waals surface area contributed by atoms with Crippen LogP contribution in [0.15, 0.2) is 18.2 Å². The van der Waals surface area contributed by atoms with E-state index < -0.39 is 0 Å². The SMILES string of the molecule is COc1ccc(NC(=O)N(CCO)C2CC2)c(C)c1. The van der Waals surface area contributed by atoms with E-state index in [-0.39, 0.29) is 18.7 Å². The fourth-order valence-electron chi connectivity index (χ4n) is 2.03. The predicted octanol–water partition coefficient (Wildman–Crippen LogP) is 1.99. The van der Waals surface area contributed by atoms with Crippen LogP contribution < -0.4 is 10.1 Å². The zero-order valence-corrected chi connectivity index (χ0v) is 11.3. The van der Waals surface area contributed by atoms with Crippen molar-refractivity contribution in [1.82, 2.24) is 4.90 Å². The first-order valence-corrected chi connectivity index (χ1v) is 6.49. The molecule has 0 atom stereocenters. The molecule has 1 aliphatic carbocycles. The summed E-state index contributed by atoms with van der Waals surface area (Å²) in [6, 6.07) is 5.66. The number of aliphatic hydroxyl groups is 1. The highest BCUT2D eigenvalue weighted by Crippen LogP contribution is 2.28. The first-order valence-electron chi connectivity index (χ1n) is 6.49. The number of amides is 2. The number of hydrogen-bond donors (Lipinski definition) is 2. The van der Waals surface area contributed by atoms with E-state index in [9.17, 15) is 4.79 Å². The number of hydrogen-bond acceptors (Lipinski definition) is 3. The van der Waals surface area contributed by atoms with Gasteiger partial charge in [-0.05, 0) is 43.5 Å². The summed E-state index contributed by atoms with van der Waals surface area (Å²) in [5.41, 5.74) is 1.72. The van der Waals surface area contributed by atoms with Crippen LogP contribution >= 0.6 is 0 Å². The molecule has 0 saturated heterocycles. The minimum atomic E-state index is -0.148. The van der Waals surface area contributed by atoms with Crippen molar-refractivity contribution in [3.63, 3.8) is 0 Å². The summed E-state index contributed by atoms with van der Waals surface area (Å²) in [7, 11) is 1.61. The lowest BCUT2D eigenvalue weighted by Crippen LogP contribution is -2.38. The average molecular weight is 264 g/mol. The van der Waals surface area contributed by atoms with E-state index in [4.69, 9.17) is 9.84 Å². The monoisotopic (exact) mass is 264 g/mol. The molecule has 1 aromatic rings. The second-order valence-electron chi connectivity index (χ2n) is 4.76. The van der Waals surface area contributed by atoms with Crippen LogP contribution in [0.5, 0.6) is 5.75 Å². The minimum Gasteiger partial charge on any atom is -0.497 e. The molecular formula is C14H20N2O3. The van der Waals surface area contributed by atoms with Crippen LogP contribution in [0.25, 0.3) is 0 Å². The van der Waals surface area contributed by atoms with Crippen LogP contribution in [0, 0.1) is 6.92 Å². The Balaban J connectivity index is 2.04. The molecule has 1 saturated carbocycles. The Kier molecular flexibility index (Phi) is 4.27. The fraction of sp³-hybridized carbons (Fsp3) is 0.500. The first-order chi connectivity index (χ1) is 9.15. The van der Waals surface area contributed by atoms with Gasteiger partial charge in [0, 0.05) is 18.3 Å². The predicted molar refractivity (Wildman–Crippen MR) is 73.6 cm³/mol. The molecule has 5 heteroatoms. The van der Waals surface area contributed by atoms with Gasteiger partial charge in [-0.25, -0.2) is 4.79 Å². The lowest BCUT2D eigenvalue weighted by atomic mass is 10.2. The van der Waals surface area contributed by atoms with Crippen molar-refractivity contribution < 1.29 is 14.6 Å². The first kappa shape index (κ1) is 13.7. The third-order valence-corrected chi connectivity index (χ3v) is 3.26. The molecule has 0 aromatic heterocycles. The molecule has 1 aromatic carbocycles. The Hall–Kier alpha value is -1.75. The quantitative estimate of drug-likeness (QED) is 0.855. The minimum absolute atomic E-state index is 0.00842. The fourth-order valence-corrected chi connectivity index (χ4v) is 2.03. The summed E-state index contributed by atoms with van der Waals surface area (Å²) >= 11 is 0. The lowest BCUT2D eigenvalue weighted by molar-refractivity contribution is 0.185. The van der Waals surface area contributed by atoms with E-state index in [1.165, 1.54) is 0 Å². The molecule has 104 valence electrons. The van der Waals surface area contributed by atoms with Gasteiger partial charge in [0.2, 0.25) is 0 Å². The number of carbonyl (C=O) groups is 1. The lowest BCUT2D eigenvalue weighted by Gasteiger charge is -2.22. The normalized spacial score (nSPS) is 14.1. The van der Waals surface area contributed by atoms with Crippen molar-refractivity contribution in [1.29, 1.82) is 0 Å². The number of urea groups is 1. The van der Waals surface area contributed by atoms with E-state index in [0.29, 0.717) is 6.54 Å². The van der Waals surface area contributed by atoms with Gasteiger partial charge in [-0.2, -0.15) is 0 Å². The van der Waals surface area contributed by atoms with Gasteiger partial charge in [-0.1, -0.05) is 0 Å². The summed E-state index contributed by atoms with van der Waals surface area (Å²) in [6.45, 7) is 2.29. The Morgan fingerprint density at radius 1 is 1.53 bits per heavy atom. The van der Waals surface area contributed by atoms with Gasteiger partial charge in [-0.15, -0.1) is 0 Å². The van der Waals surface area contributed by atoms with Crippen LogP contribution in [0.1, 0.15) is 18.4 Å². The third-order valence-electron chi connectivity index (χ3n) is 3.26. The number of aliphatic hydroxyl groups excluding tert-OH is 1. The summed E-state index contributed by atoms with van der Waals surface area (Å²) in [5.74, 6) is 0.768. The summed E-state index contributed by atoms with van der Waals surface area (Å²) in [5, 5.41) is 11.9. The molecule has 0 radical (unpaired) electrons. The number of methoxy groups -OCH3 is 1. The summed E-state index contributed by atoms with van der Waals surface area (Å²) in [6.07, 6.45) is 2.05. The Morgan fingerprint density at radius 2 is 2.26 bits per heavy atom. The molecule has 5 nitrogen and oxygen atoms in total. The Bertz CT molecular complexity index is 458. The van der Waals surface area contributed by atoms with Crippen LogP contribution in [0.3, 0.4) is 0 Å². The van der Waals surface area contributed by atoms with Gasteiger partial charge in [0.25, 0.3) is 0 Å². The smallest absolute Gasteiger partial charge is 0.322 e. The number of ether oxygens (including phenoxy) is 1. The second kappa shape index (κ2) is 5.93. The molecule has 19 heavy (non-hydrogen) atoms. The standard InChI is InChI=1S/C14H20N2O3/c1-10-9-12(19-2)5-6-13(10)15-14(18)16(7-8-17)11-3-4-11/h5-6,9,11,17H,3-4,7-8H2,1-2H3,(H,15,18). The van der Waals surface area contributed by atoms with Gasteiger partial charge < -0.3 is 20.1 Å². The van der Waals surface area contributed by atoms with Gasteiger partial charge in [0.15, 0.2) is 0 Å². The molecule has 0 bridgehead atoms. The van der Waals surface area contributed by atoms with Gasteiger partial charge >= 0.3 is 6.03 Å². The maximum absolute atomic E-state index is 12.2. The van der Waals surface area contributed by atoms with Crippen molar-refractivity contribution in [2.45, 2.75) is 25.8 Å². The van der Waals surface area contributed by atoms with Gasteiger partial charge in [-0.3, -0.25) is 0 Å². The van der Waals surface area contributed by atoms with Crippen LogP contribution in [0.4, 0.5) is 10.5 Å². The maximum atomic E-state index is 12.2. The Labute approximate surface area is 113 Å². The number of nitrogens with zero attached hydrogens (tertiary/aromatic N) is 1. The zero-order valence-electron chi connectivity index (χ0n) is 11.3. The molecule has 1 fully saturated rings. The van der Waals surface area contributed by atoms with Crippen LogP contribution in [-0.2, 0) is 0 Å². The van der Waals surface area contributed by atoms with Crippen molar-refractivity contribution in [3.05, 3.63) is 23.8 Å². The maximum Gasteiger partial charge on any atom is 0.322 e. The number of rotatable bonds is 5. The van der Waals surface area contributed by atoms with Crippen molar-refractivity contribution >= 4 is 11.7 Å². The average Bonchev–Trinajstić information content (AvgIpc) is 3.22. The van der Waals surface area contributed by atoms with E-state index in [2.05, 4.69) is 5.32 Å². The number of nitrogens with one attached hydrogen (secondary N) is 1. The largest absolute Gasteiger partial charge is 0.497 e. The van der Waals surface area contributed by atoms with E-state index in [0.717, 1.165) is 29.8 Å². The highest BCUT2D eigenvalue weighted by atomic mass is 16.5. The number of benzene rings is 1.